The predicted molar refractivity (Wildman–Crippen MR) is 134 cm³/mol. The van der Waals surface area contributed by atoms with Crippen LogP contribution in [0.5, 0.6) is 17.2 Å². The molecule has 1 aromatic heterocycles. The summed E-state index contributed by atoms with van der Waals surface area (Å²) in [5.41, 5.74) is 3.74. The summed E-state index contributed by atoms with van der Waals surface area (Å²) >= 11 is 6.14. The summed E-state index contributed by atoms with van der Waals surface area (Å²) in [6.45, 7) is 3.81. The van der Waals surface area contributed by atoms with Crippen LogP contribution in [0.15, 0.2) is 60.7 Å². The van der Waals surface area contributed by atoms with Crippen LogP contribution >= 0.6 is 11.6 Å². The number of halogens is 1. The van der Waals surface area contributed by atoms with E-state index in [1.807, 2.05) is 66.4 Å². The maximum absolute atomic E-state index is 13.0. The van der Waals surface area contributed by atoms with E-state index < -0.39 is 0 Å². The Kier molecular flexibility index (Phi) is 5.49. The van der Waals surface area contributed by atoms with Gasteiger partial charge in [0.1, 0.15) is 18.2 Å². The van der Waals surface area contributed by atoms with E-state index in [4.69, 9.17) is 30.8 Å². The largest absolute Gasteiger partial charge is 0.492 e. The molecule has 0 aliphatic carbocycles. The summed E-state index contributed by atoms with van der Waals surface area (Å²) < 4.78 is 19.1. The molecule has 1 unspecified atom stereocenters. The van der Waals surface area contributed by atoms with Crippen LogP contribution < -0.4 is 19.1 Å². The molecule has 4 aromatic rings. The number of anilines is 1. The number of aromatic nitrogens is 2. The van der Waals surface area contributed by atoms with Gasteiger partial charge in [-0.1, -0.05) is 23.7 Å². The number of carbonyl (C=O) groups excluding carboxylic acids is 1. The van der Waals surface area contributed by atoms with Crippen LogP contribution in [-0.4, -0.2) is 35.4 Å². The van der Waals surface area contributed by atoms with Crippen molar-refractivity contribution in [2.24, 2.45) is 0 Å². The third kappa shape index (κ3) is 4.06. The lowest BCUT2D eigenvalue weighted by molar-refractivity contribution is -0.117. The van der Waals surface area contributed by atoms with Gasteiger partial charge in [0.05, 0.1) is 17.6 Å². The second kappa shape index (κ2) is 8.82. The third-order valence-corrected chi connectivity index (χ3v) is 6.98. The number of benzene rings is 3. The Hall–Kier alpha value is -3.71. The number of nitrogens with zero attached hydrogens (tertiary/aromatic N) is 3. The Morgan fingerprint density at radius 1 is 1.09 bits per heavy atom. The molecular weight excluding hydrogens is 466 g/mol. The minimum atomic E-state index is -0.0295. The lowest BCUT2D eigenvalue weighted by atomic mass is 10.1. The zero-order valence-electron chi connectivity index (χ0n) is 19.2. The minimum absolute atomic E-state index is 0.0295. The maximum Gasteiger partial charge on any atom is 0.231 e. The SMILES string of the molecule is Cc1cc(OCCn2c(C3CC(=O)N(c4ccc5c(c4)OCO5)C3)nc3ccccc32)ccc1Cl. The summed E-state index contributed by atoms with van der Waals surface area (Å²) in [5, 5.41) is 0.721. The van der Waals surface area contributed by atoms with E-state index >= 15 is 0 Å². The molecule has 0 saturated carbocycles. The first kappa shape index (κ1) is 21.8. The van der Waals surface area contributed by atoms with Gasteiger partial charge < -0.3 is 23.7 Å². The highest BCUT2D eigenvalue weighted by molar-refractivity contribution is 6.31. The van der Waals surface area contributed by atoms with E-state index in [9.17, 15) is 4.79 Å². The first-order chi connectivity index (χ1) is 17.1. The molecule has 1 fully saturated rings. The van der Waals surface area contributed by atoms with Crippen molar-refractivity contribution in [3.05, 3.63) is 77.1 Å². The molecule has 0 radical (unpaired) electrons. The molecule has 35 heavy (non-hydrogen) atoms. The summed E-state index contributed by atoms with van der Waals surface area (Å²) in [6.07, 6.45) is 0.398. The van der Waals surface area contributed by atoms with Gasteiger partial charge in [0.2, 0.25) is 12.7 Å². The molecule has 1 amide bonds. The molecule has 7 nitrogen and oxygen atoms in total. The summed E-state index contributed by atoms with van der Waals surface area (Å²) in [4.78, 5) is 19.8. The molecule has 1 atom stereocenters. The molecule has 6 rings (SSSR count). The Morgan fingerprint density at radius 2 is 1.94 bits per heavy atom. The predicted octanol–water partition coefficient (Wildman–Crippen LogP) is 5.33. The first-order valence-electron chi connectivity index (χ1n) is 11.6. The van der Waals surface area contributed by atoms with Crippen molar-refractivity contribution in [1.82, 2.24) is 9.55 Å². The van der Waals surface area contributed by atoms with Gasteiger partial charge in [-0.3, -0.25) is 4.79 Å². The molecule has 1 saturated heterocycles. The molecular formula is C27H24ClN3O4. The Labute approximate surface area is 207 Å². The molecule has 8 heteroatoms. The first-order valence-corrected chi connectivity index (χ1v) is 12.0. The zero-order chi connectivity index (χ0) is 23.9. The number of aryl methyl sites for hydroxylation is 1. The normalized spacial score (nSPS) is 16.9. The monoisotopic (exact) mass is 489 g/mol. The average Bonchev–Trinajstić information content (AvgIpc) is 3.58. The van der Waals surface area contributed by atoms with Crippen molar-refractivity contribution in [2.45, 2.75) is 25.8 Å². The smallest absolute Gasteiger partial charge is 0.231 e. The molecule has 0 bridgehead atoms. The van der Waals surface area contributed by atoms with Gasteiger partial charge in [-0.25, -0.2) is 4.98 Å². The number of hydrogen-bond acceptors (Lipinski definition) is 5. The second-order valence-corrected chi connectivity index (χ2v) is 9.22. The van der Waals surface area contributed by atoms with Gasteiger partial charge in [-0.15, -0.1) is 0 Å². The minimum Gasteiger partial charge on any atom is -0.492 e. The van der Waals surface area contributed by atoms with Gasteiger partial charge >= 0.3 is 0 Å². The zero-order valence-corrected chi connectivity index (χ0v) is 20.0. The van der Waals surface area contributed by atoms with Crippen LogP contribution in [0.4, 0.5) is 5.69 Å². The second-order valence-electron chi connectivity index (χ2n) is 8.81. The Bertz CT molecular complexity index is 1430. The van der Waals surface area contributed by atoms with E-state index in [-0.39, 0.29) is 18.6 Å². The molecule has 3 aromatic carbocycles. The fourth-order valence-corrected chi connectivity index (χ4v) is 4.90. The number of rotatable bonds is 6. The van der Waals surface area contributed by atoms with Gasteiger partial charge in [-0.05, 0) is 55.0 Å². The topological polar surface area (TPSA) is 65.8 Å². The van der Waals surface area contributed by atoms with Crippen molar-refractivity contribution in [3.63, 3.8) is 0 Å². The Balaban J connectivity index is 1.25. The Morgan fingerprint density at radius 3 is 2.83 bits per heavy atom. The highest BCUT2D eigenvalue weighted by Gasteiger charge is 2.35. The number of carbonyl (C=O) groups is 1. The fraction of sp³-hybridized carbons (Fsp3) is 0.259. The lowest BCUT2D eigenvalue weighted by Crippen LogP contribution is -2.24. The number of amides is 1. The van der Waals surface area contributed by atoms with E-state index in [1.54, 1.807) is 0 Å². The highest BCUT2D eigenvalue weighted by Crippen LogP contribution is 2.39. The van der Waals surface area contributed by atoms with Crippen LogP contribution in [-0.2, 0) is 11.3 Å². The van der Waals surface area contributed by atoms with Crippen LogP contribution in [0.2, 0.25) is 5.02 Å². The van der Waals surface area contributed by atoms with Crippen molar-refractivity contribution in [3.8, 4) is 17.2 Å². The van der Waals surface area contributed by atoms with Gasteiger partial charge in [0.25, 0.3) is 0 Å². The highest BCUT2D eigenvalue weighted by atomic mass is 35.5. The van der Waals surface area contributed by atoms with E-state index in [0.29, 0.717) is 37.6 Å². The summed E-state index contributed by atoms with van der Waals surface area (Å²) in [7, 11) is 0. The quantitative estimate of drug-likeness (QED) is 0.366. The molecule has 2 aliphatic rings. The number of ether oxygens (including phenoxy) is 3. The maximum atomic E-state index is 13.0. The van der Waals surface area contributed by atoms with Crippen molar-refractivity contribution >= 4 is 34.2 Å². The van der Waals surface area contributed by atoms with Crippen molar-refractivity contribution < 1.29 is 19.0 Å². The number of fused-ring (bicyclic) bond motifs is 2. The number of para-hydroxylation sites is 2. The van der Waals surface area contributed by atoms with E-state index in [2.05, 4.69) is 10.6 Å². The van der Waals surface area contributed by atoms with Crippen LogP contribution in [0.1, 0.15) is 23.7 Å². The van der Waals surface area contributed by atoms with E-state index in [1.165, 1.54) is 0 Å². The standard InChI is InChI=1S/C27H24ClN3O4/c1-17-12-20(7-8-21(17)28)33-11-10-30-23-5-3-2-4-22(23)29-27(30)18-13-26(32)31(15-18)19-6-9-24-25(14-19)35-16-34-24/h2-9,12,14,18H,10-11,13,15-16H2,1H3. The van der Waals surface area contributed by atoms with Crippen LogP contribution in [0, 0.1) is 6.92 Å². The van der Waals surface area contributed by atoms with Gasteiger partial charge in [0, 0.05) is 35.7 Å². The molecule has 0 N–H and O–H groups in total. The fourth-order valence-electron chi connectivity index (χ4n) is 4.79. The molecule has 178 valence electrons. The lowest BCUT2D eigenvalue weighted by Gasteiger charge is -2.18. The van der Waals surface area contributed by atoms with Gasteiger partial charge in [-0.2, -0.15) is 0 Å². The number of hydrogen-bond donors (Lipinski definition) is 0. The number of imidazole rings is 1. The van der Waals surface area contributed by atoms with Crippen molar-refractivity contribution in [2.75, 3.05) is 24.8 Å². The van der Waals surface area contributed by atoms with Gasteiger partial charge in [0.15, 0.2) is 11.5 Å². The average molecular weight is 490 g/mol. The molecule has 0 spiro atoms. The van der Waals surface area contributed by atoms with Crippen molar-refractivity contribution in [1.29, 1.82) is 0 Å². The van der Waals surface area contributed by atoms with Crippen LogP contribution in [0.25, 0.3) is 11.0 Å². The van der Waals surface area contributed by atoms with Crippen LogP contribution in [0.3, 0.4) is 0 Å². The molecule has 3 heterocycles. The van der Waals surface area contributed by atoms with E-state index in [0.717, 1.165) is 38.9 Å². The summed E-state index contributed by atoms with van der Waals surface area (Å²) in [6, 6.07) is 19.3. The summed E-state index contributed by atoms with van der Waals surface area (Å²) in [5.74, 6) is 3.09. The molecule has 2 aliphatic heterocycles. The third-order valence-electron chi connectivity index (χ3n) is 6.56.